The lowest BCUT2D eigenvalue weighted by Crippen LogP contribution is -2.36. The van der Waals surface area contributed by atoms with Crippen LogP contribution < -0.4 is 15.4 Å². The molecule has 0 spiro atoms. The number of benzene rings is 2. The van der Waals surface area contributed by atoms with Crippen LogP contribution in [0.3, 0.4) is 0 Å². The molecule has 1 aliphatic rings. The molecule has 0 aromatic heterocycles. The molecule has 0 unspecified atom stereocenters. The molecule has 1 fully saturated rings. The van der Waals surface area contributed by atoms with Crippen molar-refractivity contribution < 1.29 is 14.3 Å². The van der Waals surface area contributed by atoms with Crippen LogP contribution >= 0.6 is 0 Å². The third-order valence-electron chi connectivity index (χ3n) is 5.20. The first-order valence-electron chi connectivity index (χ1n) is 9.41. The van der Waals surface area contributed by atoms with Gasteiger partial charge in [0.25, 0.3) is 0 Å². The van der Waals surface area contributed by atoms with Gasteiger partial charge in [-0.2, -0.15) is 0 Å². The lowest BCUT2D eigenvalue weighted by atomic mass is 10.0. The Morgan fingerprint density at radius 2 is 1.48 bits per heavy atom. The van der Waals surface area contributed by atoms with Gasteiger partial charge in [-0.05, 0) is 61.1 Å². The van der Waals surface area contributed by atoms with Gasteiger partial charge in [0.1, 0.15) is 11.2 Å². The zero-order valence-corrected chi connectivity index (χ0v) is 16.1. The SMILES string of the molecule is CCc1cccc(CC)c1NC(=O)C1(C(=O)Nc2ccc(OC)cc2)CC1. The van der Waals surface area contributed by atoms with Gasteiger partial charge in [-0.15, -0.1) is 0 Å². The molecule has 5 nitrogen and oxygen atoms in total. The van der Waals surface area contributed by atoms with Crippen molar-refractivity contribution in [3.63, 3.8) is 0 Å². The Balaban J connectivity index is 1.75. The maximum absolute atomic E-state index is 13.0. The van der Waals surface area contributed by atoms with Gasteiger partial charge in [0.2, 0.25) is 11.8 Å². The summed E-state index contributed by atoms with van der Waals surface area (Å²) in [6, 6.07) is 13.1. The number of methoxy groups -OCH3 is 1. The smallest absolute Gasteiger partial charge is 0.240 e. The number of ether oxygens (including phenoxy) is 1. The maximum Gasteiger partial charge on any atom is 0.240 e. The van der Waals surface area contributed by atoms with Crippen LogP contribution in [-0.4, -0.2) is 18.9 Å². The van der Waals surface area contributed by atoms with Crippen LogP contribution in [0.2, 0.25) is 0 Å². The fourth-order valence-electron chi connectivity index (χ4n) is 3.24. The van der Waals surface area contributed by atoms with E-state index in [1.807, 2.05) is 18.2 Å². The summed E-state index contributed by atoms with van der Waals surface area (Å²) in [5.41, 5.74) is 2.72. The molecule has 0 radical (unpaired) electrons. The number of para-hydroxylation sites is 1. The maximum atomic E-state index is 13.0. The predicted octanol–water partition coefficient (Wildman–Crippen LogP) is 4.18. The second-order valence-corrected chi connectivity index (χ2v) is 6.88. The zero-order chi connectivity index (χ0) is 19.4. The first kappa shape index (κ1) is 19.0. The molecule has 1 aliphatic carbocycles. The van der Waals surface area contributed by atoms with E-state index >= 15 is 0 Å². The van der Waals surface area contributed by atoms with Crippen LogP contribution in [-0.2, 0) is 22.4 Å². The third kappa shape index (κ3) is 3.82. The number of carbonyl (C=O) groups excluding carboxylic acids is 2. The van der Waals surface area contributed by atoms with Gasteiger partial charge in [0, 0.05) is 11.4 Å². The molecule has 2 amide bonds. The standard InChI is InChI=1S/C22H26N2O3/c1-4-15-7-6-8-16(5-2)19(15)24-21(26)22(13-14-22)20(25)23-17-9-11-18(27-3)12-10-17/h6-12H,4-5,13-14H2,1-3H3,(H,23,25)(H,24,26). The molecule has 1 saturated carbocycles. The van der Waals surface area contributed by atoms with Crippen molar-refractivity contribution in [2.24, 2.45) is 5.41 Å². The number of hydrogen-bond acceptors (Lipinski definition) is 3. The molecule has 0 saturated heterocycles. The third-order valence-corrected chi connectivity index (χ3v) is 5.20. The second kappa shape index (κ2) is 7.82. The average molecular weight is 366 g/mol. The monoisotopic (exact) mass is 366 g/mol. The summed E-state index contributed by atoms with van der Waals surface area (Å²) in [6.07, 6.45) is 2.79. The molecule has 3 rings (SSSR count). The van der Waals surface area contributed by atoms with Crippen molar-refractivity contribution in [1.82, 2.24) is 0 Å². The van der Waals surface area contributed by atoms with Crippen molar-refractivity contribution in [2.75, 3.05) is 17.7 Å². The van der Waals surface area contributed by atoms with Gasteiger partial charge in [-0.25, -0.2) is 0 Å². The molecule has 2 N–H and O–H groups in total. The van der Waals surface area contributed by atoms with Gasteiger partial charge in [-0.3, -0.25) is 9.59 Å². The van der Waals surface area contributed by atoms with Gasteiger partial charge < -0.3 is 15.4 Å². The highest BCUT2D eigenvalue weighted by molar-refractivity contribution is 6.17. The van der Waals surface area contributed by atoms with Gasteiger partial charge >= 0.3 is 0 Å². The summed E-state index contributed by atoms with van der Waals surface area (Å²) < 4.78 is 5.13. The number of aryl methyl sites for hydroxylation is 2. The molecular weight excluding hydrogens is 340 g/mol. The molecule has 2 aromatic carbocycles. The van der Waals surface area contributed by atoms with E-state index in [1.165, 1.54) is 0 Å². The zero-order valence-electron chi connectivity index (χ0n) is 16.1. The highest BCUT2D eigenvalue weighted by Crippen LogP contribution is 2.48. The minimum atomic E-state index is -0.980. The molecule has 0 heterocycles. The Morgan fingerprint density at radius 1 is 0.926 bits per heavy atom. The minimum Gasteiger partial charge on any atom is -0.497 e. The summed E-state index contributed by atoms with van der Waals surface area (Å²) in [7, 11) is 1.59. The molecule has 0 aliphatic heterocycles. The fourth-order valence-corrected chi connectivity index (χ4v) is 3.24. The Bertz CT molecular complexity index is 817. The van der Waals surface area contributed by atoms with Crippen molar-refractivity contribution in [3.05, 3.63) is 53.6 Å². The lowest BCUT2D eigenvalue weighted by molar-refractivity contribution is -0.131. The van der Waals surface area contributed by atoms with Gasteiger partial charge in [-0.1, -0.05) is 32.0 Å². The van der Waals surface area contributed by atoms with Crippen molar-refractivity contribution in [1.29, 1.82) is 0 Å². The predicted molar refractivity (Wildman–Crippen MR) is 107 cm³/mol. The van der Waals surface area contributed by atoms with Crippen molar-refractivity contribution in [3.8, 4) is 5.75 Å². The molecule has 0 bridgehead atoms. The number of nitrogens with one attached hydrogen (secondary N) is 2. The van der Waals surface area contributed by atoms with Crippen molar-refractivity contribution in [2.45, 2.75) is 39.5 Å². The van der Waals surface area contributed by atoms with Crippen LogP contribution in [0, 0.1) is 5.41 Å². The molecule has 2 aromatic rings. The second-order valence-electron chi connectivity index (χ2n) is 6.88. The molecule has 5 heteroatoms. The van der Waals surface area contributed by atoms with E-state index in [0.717, 1.165) is 35.4 Å². The van der Waals surface area contributed by atoms with Crippen LogP contribution in [0.5, 0.6) is 5.75 Å². The largest absolute Gasteiger partial charge is 0.497 e. The number of carbonyl (C=O) groups is 2. The minimum absolute atomic E-state index is 0.218. The summed E-state index contributed by atoms with van der Waals surface area (Å²) in [5.74, 6) is 0.247. The van der Waals surface area contributed by atoms with Crippen LogP contribution in [0.25, 0.3) is 0 Å². The van der Waals surface area contributed by atoms with E-state index in [4.69, 9.17) is 4.74 Å². The molecule has 0 atom stereocenters. The Morgan fingerprint density at radius 3 is 1.96 bits per heavy atom. The first-order valence-corrected chi connectivity index (χ1v) is 9.41. The highest BCUT2D eigenvalue weighted by Gasteiger charge is 2.56. The van der Waals surface area contributed by atoms with Crippen LogP contribution in [0.1, 0.15) is 37.8 Å². The summed E-state index contributed by atoms with van der Waals surface area (Å²) >= 11 is 0. The lowest BCUT2D eigenvalue weighted by Gasteiger charge is -2.19. The van der Waals surface area contributed by atoms with E-state index in [-0.39, 0.29) is 11.8 Å². The topological polar surface area (TPSA) is 67.4 Å². The number of amides is 2. The van der Waals surface area contributed by atoms with Crippen LogP contribution in [0.15, 0.2) is 42.5 Å². The number of anilines is 2. The van der Waals surface area contributed by atoms with E-state index < -0.39 is 5.41 Å². The fraction of sp³-hybridized carbons (Fsp3) is 0.364. The van der Waals surface area contributed by atoms with E-state index in [9.17, 15) is 9.59 Å². The van der Waals surface area contributed by atoms with Gasteiger partial charge in [0.15, 0.2) is 0 Å². The van der Waals surface area contributed by atoms with E-state index in [0.29, 0.717) is 18.5 Å². The Hall–Kier alpha value is -2.82. The Kier molecular flexibility index (Phi) is 5.49. The Labute approximate surface area is 160 Å². The summed E-state index contributed by atoms with van der Waals surface area (Å²) in [5, 5.41) is 5.91. The molecular formula is C22H26N2O3. The highest BCUT2D eigenvalue weighted by atomic mass is 16.5. The normalized spacial score (nSPS) is 14.3. The van der Waals surface area contributed by atoms with Crippen LogP contribution in [0.4, 0.5) is 11.4 Å². The molecule has 142 valence electrons. The average Bonchev–Trinajstić information content (AvgIpc) is 3.51. The molecule has 27 heavy (non-hydrogen) atoms. The number of rotatable bonds is 7. The quantitative estimate of drug-likeness (QED) is 0.723. The van der Waals surface area contributed by atoms with Crippen molar-refractivity contribution >= 4 is 23.2 Å². The van der Waals surface area contributed by atoms with E-state index in [2.05, 4.69) is 24.5 Å². The van der Waals surface area contributed by atoms with Gasteiger partial charge in [0.05, 0.1) is 7.11 Å². The first-order chi connectivity index (χ1) is 13.0. The summed E-state index contributed by atoms with van der Waals surface area (Å²) in [4.78, 5) is 25.8. The van der Waals surface area contributed by atoms with E-state index in [1.54, 1.807) is 31.4 Å². The summed E-state index contributed by atoms with van der Waals surface area (Å²) in [6.45, 7) is 4.13. The number of hydrogen-bond donors (Lipinski definition) is 2.